The van der Waals surface area contributed by atoms with E-state index in [-0.39, 0.29) is 11.8 Å². The molecule has 1 heterocycles. The molecule has 0 radical (unpaired) electrons. The Hall–Kier alpha value is -2.73. The lowest BCUT2D eigenvalue weighted by atomic mass is 9.88. The van der Waals surface area contributed by atoms with Crippen LogP contribution in [0.5, 0.6) is 5.75 Å². The van der Waals surface area contributed by atoms with E-state index in [0.717, 1.165) is 33.2 Å². The van der Waals surface area contributed by atoms with Crippen molar-refractivity contribution >= 4 is 40.5 Å². The molecule has 0 saturated carbocycles. The van der Waals surface area contributed by atoms with E-state index in [0.29, 0.717) is 12.4 Å². The molecule has 0 fully saturated rings. The number of hydrogen-bond acceptors (Lipinski definition) is 4. The number of nitrogens with one attached hydrogen (secondary N) is 1. The van der Waals surface area contributed by atoms with Gasteiger partial charge in [-0.3, -0.25) is 9.59 Å². The first-order chi connectivity index (χ1) is 14.2. The van der Waals surface area contributed by atoms with Crippen LogP contribution in [0, 0.1) is 0 Å². The van der Waals surface area contributed by atoms with Gasteiger partial charge in [-0.1, -0.05) is 6.08 Å². The maximum absolute atomic E-state index is 13.3. The van der Waals surface area contributed by atoms with Crippen molar-refractivity contribution in [1.82, 2.24) is 0 Å². The zero-order valence-electron chi connectivity index (χ0n) is 18.1. The van der Waals surface area contributed by atoms with Crippen LogP contribution in [0.15, 0.2) is 53.4 Å². The monoisotopic (exact) mass is 424 g/mol. The first kappa shape index (κ1) is 22.0. The lowest BCUT2D eigenvalue weighted by molar-refractivity contribution is -0.117. The number of rotatable bonds is 6. The third-order valence-corrected chi connectivity index (χ3v) is 5.87. The molecule has 0 aromatic heterocycles. The van der Waals surface area contributed by atoms with Gasteiger partial charge in [0.2, 0.25) is 11.8 Å². The van der Waals surface area contributed by atoms with Gasteiger partial charge in [-0.25, -0.2) is 0 Å². The molecule has 1 aliphatic heterocycles. The molecule has 2 amide bonds. The number of carbonyl (C=O) groups is 2. The molecule has 2 aromatic rings. The number of anilines is 2. The third kappa shape index (κ3) is 4.87. The Balaban J connectivity index is 1.78. The Morgan fingerprint density at radius 2 is 1.83 bits per heavy atom. The second-order valence-corrected chi connectivity index (χ2v) is 8.87. The average molecular weight is 425 g/mol. The van der Waals surface area contributed by atoms with Crippen molar-refractivity contribution in [3.63, 3.8) is 0 Å². The highest BCUT2D eigenvalue weighted by atomic mass is 32.2. The van der Waals surface area contributed by atoms with Gasteiger partial charge in [0.25, 0.3) is 0 Å². The smallest absolute Gasteiger partial charge is 0.238 e. The van der Waals surface area contributed by atoms with E-state index < -0.39 is 5.54 Å². The van der Waals surface area contributed by atoms with E-state index in [4.69, 9.17) is 4.74 Å². The fourth-order valence-corrected chi connectivity index (χ4v) is 4.52. The van der Waals surface area contributed by atoms with Crippen molar-refractivity contribution in [1.29, 1.82) is 0 Å². The van der Waals surface area contributed by atoms with E-state index in [9.17, 15) is 9.59 Å². The molecule has 0 atom stereocenters. The highest BCUT2D eigenvalue weighted by molar-refractivity contribution is 8.00. The maximum Gasteiger partial charge on any atom is 0.238 e. The number of carbonyl (C=O) groups excluding carboxylic acids is 2. The van der Waals surface area contributed by atoms with Crippen LogP contribution >= 0.6 is 11.8 Å². The van der Waals surface area contributed by atoms with Crippen LogP contribution in [0.2, 0.25) is 0 Å². The number of thioether (sulfide) groups is 1. The lowest BCUT2D eigenvalue weighted by Crippen LogP contribution is -2.49. The molecule has 2 aromatic carbocycles. The van der Waals surface area contributed by atoms with Crippen molar-refractivity contribution in [2.24, 2.45) is 0 Å². The number of ether oxygens (including phenoxy) is 1. The summed E-state index contributed by atoms with van der Waals surface area (Å²) in [7, 11) is 0. The Labute approximate surface area is 182 Å². The Kier molecular flexibility index (Phi) is 6.56. The normalized spacial score (nSPS) is 14.6. The van der Waals surface area contributed by atoms with Gasteiger partial charge in [0.05, 0.1) is 23.6 Å². The first-order valence-corrected chi connectivity index (χ1v) is 11.0. The number of fused-ring (bicyclic) bond motifs is 1. The number of benzene rings is 2. The standard InChI is InChI=1S/C24H28N2O3S/c1-6-29-19-9-12-22-21(13-19)16(2)14-24(4,5)26(22)23(28)15-30-20-10-7-18(8-11-20)25-17(3)27/h7-14H,6,15H2,1-5H3,(H,25,27). The molecule has 0 saturated heterocycles. The predicted molar refractivity (Wildman–Crippen MR) is 124 cm³/mol. The summed E-state index contributed by atoms with van der Waals surface area (Å²) in [6.45, 7) is 10.2. The van der Waals surface area contributed by atoms with Crippen molar-refractivity contribution in [3.8, 4) is 5.75 Å². The van der Waals surface area contributed by atoms with E-state index in [1.165, 1.54) is 18.7 Å². The molecular formula is C24H28N2O3S. The number of hydrogen-bond donors (Lipinski definition) is 1. The zero-order chi connectivity index (χ0) is 21.9. The highest BCUT2D eigenvalue weighted by Crippen LogP contribution is 2.41. The minimum atomic E-state index is -0.420. The topological polar surface area (TPSA) is 58.6 Å². The van der Waals surface area contributed by atoms with Crippen LogP contribution in [0.25, 0.3) is 5.57 Å². The van der Waals surface area contributed by atoms with Crippen molar-refractivity contribution < 1.29 is 14.3 Å². The van der Waals surface area contributed by atoms with Crippen LogP contribution in [0.1, 0.15) is 40.2 Å². The summed E-state index contributed by atoms with van der Waals surface area (Å²) in [4.78, 5) is 27.3. The van der Waals surface area contributed by atoms with Gasteiger partial charge in [-0.05, 0) is 75.7 Å². The van der Waals surface area contributed by atoms with Crippen molar-refractivity contribution in [2.45, 2.75) is 45.1 Å². The van der Waals surface area contributed by atoms with Gasteiger partial charge < -0.3 is 15.0 Å². The summed E-state index contributed by atoms with van der Waals surface area (Å²) in [5.74, 6) is 1.07. The summed E-state index contributed by atoms with van der Waals surface area (Å²) < 4.78 is 5.65. The minimum absolute atomic E-state index is 0.0464. The molecule has 6 heteroatoms. The van der Waals surface area contributed by atoms with Gasteiger partial charge in [0, 0.05) is 23.1 Å². The lowest BCUT2D eigenvalue weighted by Gasteiger charge is -2.41. The Bertz CT molecular complexity index is 980. The van der Waals surface area contributed by atoms with E-state index in [1.54, 1.807) is 0 Å². The zero-order valence-corrected chi connectivity index (χ0v) is 18.9. The van der Waals surface area contributed by atoms with Gasteiger partial charge in [0.1, 0.15) is 5.75 Å². The molecule has 158 valence electrons. The number of nitrogens with zero attached hydrogens (tertiary/aromatic N) is 1. The van der Waals surface area contributed by atoms with Crippen LogP contribution < -0.4 is 15.0 Å². The number of allylic oxidation sites excluding steroid dienone is 1. The summed E-state index contributed by atoms with van der Waals surface area (Å²) in [6.07, 6.45) is 2.13. The summed E-state index contributed by atoms with van der Waals surface area (Å²) in [6, 6.07) is 13.4. The quantitative estimate of drug-likeness (QED) is 0.634. The average Bonchev–Trinajstić information content (AvgIpc) is 2.67. The molecule has 0 spiro atoms. The van der Waals surface area contributed by atoms with Gasteiger partial charge >= 0.3 is 0 Å². The predicted octanol–water partition coefficient (Wildman–Crippen LogP) is 5.36. The molecule has 0 bridgehead atoms. The van der Waals surface area contributed by atoms with Crippen LogP contribution in [-0.4, -0.2) is 29.7 Å². The largest absolute Gasteiger partial charge is 0.494 e. The second kappa shape index (κ2) is 8.96. The van der Waals surface area contributed by atoms with Crippen molar-refractivity contribution in [3.05, 3.63) is 54.1 Å². The summed E-state index contributed by atoms with van der Waals surface area (Å²) in [5.41, 5.74) is 3.40. The SMILES string of the molecule is CCOc1ccc2c(c1)C(C)=CC(C)(C)N2C(=O)CSc1ccc(NC(C)=O)cc1. The molecule has 1 aliphatic rings. The molecule has 5 nitrogen and oxygen atoms in total. The molecular weight excluding hydrogens is 396 g/mol. The highest BCUT2D eigenvalue weighted by Gasteiger charge is 2.35. The van der Waals surface area contributed by atoms with E-state index in [2.05, 4.69) is 32.2 Å². The fraction of sp³-hybridized carbons (Fsp3) is 0.333. The van der Waals surface area contributed by atoms with E-state index >= 15 is 0 Å². The fourth-order valence-electron chi connectivity index (χ4n) is 3.77. The van der Waals surface area contributed by atoms with Crippen LogP contribution in [0.4, 0.5) is 11.4 Å². The van der Waals surface area contributed by atoms with Gasteiger partial charge in [-0.15, -0.1) is 11.8 Å². The van der Waals surface area contributed by atoms with E-state index in [1.807, 2.05) is 54.3 Å². The molecule has 3 rings (SSSR count). The molecule has 0 unspecified atom stereocenters. The molecule has 1 N–H and O–H groups in total. The Morgan fingerprint density at radius 1 is 1.13 bits per heavy atom. The minimum Gasteiger partial charge on any atom is -0.494 e. The second-order valence-electron chi connectivity index (χ2n) is 7.82. The molecule has 0 aliphatic carbocycles. The number of amides is 2. The molecule has 30 heavy (non-hydrogen) atoms. The van der Waals surface area contributed by atoms with Gasteiger partial charge in [0.15, 0.2) is 0 Å². The maximum atomic E-state index is 13.3. The third-order valence-electron chi connectivity index (χ3n) is 4.88. The van der Waals surface area contributed by atoms with Crippen LogP contribution in [0.3, 0.4) is 0 Å². The Morgan fingerprint density at radius 3 is 2.47 bits per heavy atom. The van der Waals surface area contributed by atoms with Gasteiger partial charge in [-0.2, -0.15) is 0 Å². The van der Waals surface area contributed by atoms with Crippen LogP contribution in [-0.2, 0) is 9.59 Å². The summed E-state index contributed by atoms with van der Waals surface area (Å²) in [5, 5.41) is 2.75. The van der Waals surface area contributed by atoms with Crippen molar-refractivity contribution in [2.75, 3.05) is 22.6 Å². The summed E-state index contributed by atoms with van der Waals surface area (Å²) >= 11 is 1.49. The first-order valence-electron chi connectivity index (χ1n) is 10.0.